The predicted octanol–water partition coefficient (Wildman–Crippen LogP) is 6.93. The average Bonchev–Trinajstić information content (AvgIpc) is 3.13. The molecular formula is C22H22Cl2N2OS2. The van der Waals surface area contributed by atoms with Gasteiger partial charge in [0.15, 0.2) is 0 Å². The molecule has 4 rings (SSSR count). The molecule has 3 nitrogen and oxygen atoms in total. The van der Waals surface area contributed by atoms with E-state index in [1.54, 1.807) is 6.07 Å². The summed E-state index contributed by atoms with van der Waals surface area (Å²) in [4.78, 5) is 15.6. The van der Waals surface area contributed by atoms with E-state index in [4.69, 9.17) is 35.4 Å². The molecule has 1 amide bonds. The van der Waals surface area contributed by atoms with Gasteiger partial charge in [-0.25, -0.2) is 0 Å². The highest BCUT2D eigenvalue weighted by molar-refractivity contribution is 8.26. The second-order valence-electron chi connectivity index (χ2n) is 7.60. The molecule has 1 aromatic heterocycles. The van der Waals surface area contributed by atoms with E-state index in [1.165, 1.54) is 31.0 Å². The summed E-state index contributed by atoms with van der Waals surface area (Å²) in [6, 6.07) is 7.94. The second kappa shape index (κ2) is 8.46. The number of aromatic nitrogens is 1. The monoisotopic (exact) mass is 464 g/mol. The van der Waals surface area contributed by atoms with Gasteiger partial charge in [-0.2, -0.15) is 0 Å². The predicted molar refractivity (Wildman–Crippen MR) is 127 cm³/mol. The zero-order valence-corrected chi connectivity index (χ0v) is 19.5. The standard InChI is InChI=1S/C22H22Cl2N2OS2/c1-13-10-15(14(2)25(13)17-8-9-18(23)19(24)12-17)11-20-21(27)26(22(28)29-20)16-6-4-3-5-7-16/h8-12,16H,3-7H2,1-2H3/b20-11+. The third kappa shape index (κ3) is 4.02. The number of hydrogen-bond donors (Lipinski definition) is 0. The van der Waals surface area contributed by atoms with Crippen LogP contribution in [0.5, 0.6) is 0 Å². The van der Waals surface area contributed by atoms with Crippen molar-refractivity contribution >= 4 is 63.5 Å². The van der Waals surface area contributed by atoms with Gasteiger partial charge in [-0.15, -0.1) is 0 Å². The van der Waals surface area contributed by atoms with Gasteiger partial charge < -0.3 is 4.57 Å². The summed E-state index contributed by atoms with van der Waals surface area (Å²) in [5, 5.41) is 1.05. The first kappa shape index (κ1) is 21.0. The number of halogens is 2. The molecule has 2 heterocycles. The second-order valence-corrected chi connectivity index (χ2v) is 10.1. The number of hydrogen-bond acceptors (Lipinski definition) is 3. The fraction of sp³-hybridized carbons (Fsp3) is 0.364. The Kier molecular flexibility index (Phi) is 6.12. The van der Waals surface area contributed by atoms with Gasteiger partial charge in [0, 0.05) is 23.1 Å². The maximum Gasteiger partial charge on any atom is 0.266 e. The van der Waals surface area contributed by atoms with Crippen LogP contribution in [0, 0.1) is 13.8 Å². The van der Waals surface area contributed by atoms with Crippen LogP contribution in [0.3, 0.4) is 0 Å². The van der Waals surface area contributed by atoms with Crippen molar-refractivity contribution in [1.82, 2.24) is 9.47 Å². The maximum absolute atomic E-state index is 13.1. The van der Waals surface area contributed by atoms with E-state index in [1.807, 2.05) is 37.0 Å². The molecule has 0 atom stereocenters. The van der Waals surface area contributed by atoms with Crippen LogP contribution < -0.4 is 0 Å². The van der Waals surface area contributed by atoms with E-state index in [0.29, 0.717) is 19.3 Å². The van der Waals surface area contributed by atoms with E-state index < -0.39 is 0 Å². The number of rotatable bonds is 3. The van der Waals surface area contributed by atoms with Crippen LogP contribution in [0.2, 0.25) is 10.0 Å². The molecular weight excluding hydrogens is 443 g/mol. The van der Waals surface area contributed by atoms with Gasteiger partial charge in [-0.05, 0) is 62.6 Å². The van der Waals surface area contributed by atoms with Crippen molar-refractivity contribution in [3.63, 3.8) is 0 Å². The van der Waals surface area contributed by atoms with Crippen LogP contribution in [0.1, 0.15) is 49.1 Å². The van der Waals surface area contributed by atoms with Gasteiger partial charge in [0.2, 0.25) is 0 Å². The molecule has 1 saturated heterocycles. The highest BCUT2D eigenvalue weighted by atomic mass is 35.5. The molecule has 2 fully saturated rings. The first-order valence-electron chi connectivity index (χ1n) is 9.78. The minimum Gasteiger partial charge on any atom is -0.318 e. The normalized spacial score (nSPS) is 19.6. The molecule has 2 aliphatic rings. The Morgan fingerprint density at radius 3 is 2.52 bits per heavy atom. The summed E-state index contributed by atoms with van der Waals surface area (Å²) in [6.45, 7) is 4.09. The van der Waals surface area contributed by atoms with Crippen LogP contribution in [-0.2, 0) is 4.79 Å². The summed E-state index contributed by atoms with van der Waals surface area (Å²) in [5.74, 6) is 0.0474. The quantitative estimate of drug-likeness (QED) is 0.363. The molecule has 7 heteroatoms. The number of amides is 1. The van der Waals surface area contributed by atoms with Gasteiger partial charge in [-0.1, -0.05) is 66.4 Å². The summed E-state index contributed by atoms with van der Waals surface area (Å²) in [6.07, 6.45) is 7.66. The Hall–Kier alpha value is -1.27. The molecule has 152 valence electrons. The molecule has 0 N–H and O–H groups in total. The SMILES string of the molecule is Cc1cc(/C=C2/SC(=S)N(C3CCCCC3)C2=O)c(C)n1-c1ccc(Cl)c(Cl)c1. The number of benzene rings is 1. The summed E-state index contributed by atoms with van der Waals surface area (Å²) >= 11 is 19.2. The minimum absolute atomic E-state index is 0.0474. The molecule has 0 unspecified atom stereocenters. The van der Waals surface area contributed by atoms with Crippen molar-refractivity contribution in [2.75, 3.05) is 0 Å². The fourth-order valence-corrected chi connectivity index (χ4v) is 5.91. The lowest BCUT2D eigenvalue weighted by atomic mass is 9.94. The van der Waals surface area contributed by atoms with Gasteiger partial charge >= 0.3 is 0 Å². The number of thioether (sulfide) groups is 1. The molecule has 1 saturated carbocycles. The van der Waals surface area contributed by atoms with Crippen LogP contribution in [-0.4, -0.2) is 25.7 Å². The average molecular weight is 465 g/mol. The molecule has 1 aliphatic heterocycles. The molecule has 29 heavy (non-hydrogen) atoms. The van der Waals surface area contributed by atoms with Gasteiger partial charge in [0.05, 0.1) is 15.0 Å². The molecule has 1 aliphatic carbocycles. The maximum atomic E-state index is 13.1. The number of thiocarbonyl (C=S) groups is 1. The number of nitrogens with zero attached hydrogens (tertiary/aromatic N) is 2. The van der Waals surface area contributed by atoms with Crippen molar-refractivity contribution in [1.29, 1.82) is 0 Å². The topological polar surface area (TPSA) is 25.2 Å². The van der Waals surface area contributed by atoms with E-state index in [2.05, 4.69) is 10.6 Å². The molecule has 1 aromatic carbocycles. The van der Waals surface area contributed by atoms with Gasteiger partial charge in [0.25, 0.3) is 5.91 Å². The van der Waals surface area contributed by atoms with Crippen molar-refractivity contribution in [2.24, 2.45) is 0 Å². The lowest BCUT2D eigenvalue weighted by molar-refractivity contribution is -0.124. The van der Waals surface area contributed by atoms with Crippen LogP contribution in [0.15, 0.2) is 29.2 Å². The Labute approximate surface area is 191 Å². The minimum atomic E-state index is 0.0474. The lowest BCUT2D eigenvalue weighted by Gasteiger charge is -2.29. The first-order chi connectivity index (χ1) is 13.9. The molecule has 0 spiro atoms. The number of carbonyl (C=O) groups excluding carboxylic acids is 1. The third-order valence-corrected chi connectivity index (χ3v) is 7.75. The van der Waals surface area contributed by atoms with Crippen LogP contribution in [0.4, 0.5) is 0 Å². The van der Waals surface area contributed by atoms with Gasteiger partial charge in [-0.3, -0.25) is 9.69 Å². The zero-order valence-electron chi connectivity index (χ0n) is 16.4. The highest BCUT2D eigenvalue weighted by Crippen LogP contribution is 2.38. The highest BCUT2D eigenvalue weighted by Gasteiger charge is 2.37. The third-order valence-electron chi connectivity index (χ3n) is 5.68. The lowest BCUT2D eigenvalue weighted by Crippen LogP contribution is -2.39. The molecule has 0 bridgehead atoms. The van der Waals surface area contributed by atoms with Crippen LogP contribution >= 0.6 is 47.2 Å². The Morgan fingerprint density at radius 1 is 1.10 bits per heavy atom. The molecule has 2 aromatic rings. The van der Waals surface area contributed by atoms with Crippen molar-refractivity contribution in [3.05, 3.63) is 56.2 Å². The van der Waals surface area contributed by atoms with E-state index in [9.17, 15) is 4.79 Å². The summed E-state index contributed by atoms with van der Waals surface area (Å²) in [7, 11) is 0. The van der Waals surface area contributed by atoms with Crippen LogP contribution in [0.25, 0.3) is 11.8 Å². The Morgan fingerprint density at radius 2 is 1.83 bits per heavy atom. The summed E-state index contributed by atoms with van der Waals surface area (Å²) < 4.78 is 2.81. The summed E-state index contributed by atoms with van der Waals surface area (Å²) in [5.41, 5.74) is 4.07. The fourth-order valence-electron chi connectivity index (χ4n) is 4.23. The van der Waals surface area contributed by atoms with Crippen molar-refractivity contribution in [3.8, 4) is 5.69 Å². The van der Waals surface area contributed by atoms with Gasteiger partial charge in [0.1, 0.15) is 4.32 Å². The number of carbonyl (C=O) groups is 1. The van der Waals surface area contributed by atoms with E-state index in [-0.39, 0.29) is 11.9 Å². The number of aryl methyl sites for hydroxylation is 1. The Balaban J connectivity index is 1.66. The molecule has 0 radical (unpaired) electrons. The van der Waals surface area contributed by atoms with Crippen molar-refractivity contribution in [2.45, 2.75) is 52.0 Å². The first-order valence-corrected chi connectivity index (χ1v) is 11.8. The van der Waals surface area contributed by atoms with E-state index >= 15 is 0 Å². The Bertz CT molecular complexity index is 1020. The smallest absolute Gasteiger partial charge is 0.266 e. The zero-order chi connectivity index (χ0) is 20.7. The van der Waals surface area contributed by atoms with Crippen molar-refractivity contribution < 1.29 is 4.79 Å². The van der Waals surface area contributed by atoms with E-state index in [0.717, 1.165) is 35.5 Å². The largest absolute Gasteiger partial charge is 0.318 e.